The van der Waals surface area contributed by atoms with Crippen LogP contribution in [0.3, 0.4) is 0 Å². The Labute approximate surface area is 191 Å². The van der Waals surface area contributed by atoms with Crippen molar-refractivity contribution in [3.63, 3.8) is 0 Å². The number of hydrogen-bond donors (Lipinski definition) is 1. The second-order valence-corrected chi connectivity index (χ2v) is 8.49. The molecule has 0 radical (unpaired) electrons. The van der Waals surface area contributed by atoms with Crippen LogP contribution in [-0.4, -0.2) is 42.1 Å². The molecule has 7 nitrogen and oxygen atoms in total. The number of hydrogen-bond acceptors (Lipinski definition) is 5. The van der Waals surface area contributed by atoms with Gasteiger partial charge in [0, 0.05) is 30.7 Å². The molecular formula is C23H26ClFN2O5. The summed E-state index contributed by atoms with van der Waals surface area (Å²) in [4.78, 5) is 37.4. The van der Waals surface area contributed by atoms with Gasteiger partial charge in [0.25, 0.3) is 5.91 Å². The lowest BCUT2D eigenvalue weighted by atomic mass is 10.1. The highest BCUT2D eigenvalue weighted by Crippen LogP contribution is 2.20. The van der Waals surface area contributed by atoms with Crippen LogP contribution in [0.2, 0.25) is 5.02 Å². The normalized spacial score (nSPS) is 10.9. The van der Waals surface area contributed by atoms with Crippen molar-refractivity contribution in [2.24, 2.45) is 0 Å². The summed E-state index contributed by atoms with van der Waals surface area (Å²) in [5.74, 6) is -1.70. The van der Waals surface area contributed by atoms with Gasteiger partial charge in [0.05, 0.1) is 5.56 Å². The van der Waals surface area contributed by atoms with Crippen molar-refractivity contribution < 1.29 is 28.2 Å². The number of amides is 2. The van der Waals surface area contributed by atoms with E-state index in [9.17, 15) is 18.8 Å². The van der Waals surface area contributed by atoms with Crippen molar-refractivity contribution in [2.75, 3.05) is 13.7 Å². The number of benzene rings is 2. The second-order valence-electron chi connectivity index (χ2n) is 8.08. The molecule has 9 heteroatoms. The number of alkyl carbamates (subject to hydrolysis) is 1. The fraction of sp³-hybridized carbons (Fsp3) is 0.348. The van der Waals surface area contributed by atoms with Crippen LogP contribution in [0.25, 0.3) is 0 Å². The van der Waals surface area contributed by atoms with Crippen molar-refractivity contribution in [3.8, 4) is 0 Å². The van der Waals surface area contributed by atoms with E-state index in [0.717, 1.165) is 5.56 Å². The van der Waals surface area contributed by atoms with E-state index in [-0.39, 0.29) is 29.2 Å². The molecule has 0 unspecified atom stereocenters. The minimum atomic E-state index is -0.678. The predicted molar refractivity (Wildman–Crippen MR) is 118 cm³/mol. The van der Waals surface area contributed by atoms with Crippen LogP contribution in [0.4, 0.5) is 9.18 Å². The molecule has 0 aliphatic carbocycles. The van der Waals surface area contributed by atoms with Crippen LogP contribution in [-0.2, 0) is 27.4 Å². The molecule has 2 amide bonds. The first-order valence-corrected chi connectivity index (χ1v) is 10.2. The minimum Gasteiger partial charge on any atom is -0.452 e. The van der Waals surface area contributed by atoms with Crippen LogP contribution in [0.1, 0.15) is 42.3 Å². The molecule has 0 aromatic heterocycles. The number of esters is 1. The molecule has 2 rings (SSSR count). The summed E-state index contributed by atoms with van der Waals surface area (Å²) in [6.07, 6.45) is -0.541. The van der Waals surface area contributed by atoms with Gasteiger partial charge >= 0.3 is 12.1 Å². The third-order valence-electron chi connectivity index (χ3n) is 4.23. The zero-order valence-corrected chi connectivity index (χ0v) is 19.2. The molecule has 2 aromatic rings. The molecule has 2 aromatic carbocycles. The molecule has 0 fully saturated rings. The van der Waals surface area contributed by atoms with Gasteiger partial charge < -0.3 is 19.7 Å². The van der Waals surface area contributed by atoms with Crippen LogP contribution in [0.5, 0.6) is 0 Å². The second kappa shape index (κ2) is 10.9. The number of carbonyl (C=O) groups excluding carboxylic acids is 3. The van der Waals surface area contributed by atoms with E-state index in [1.807, 2.05) is 0 Å². The Morgan fingerprint density at radius 3 is 2.34 bits per heavy atom. The van der Waals surface area contributed by atoms with Crippen LogP contribution in [0.15, 0.2) is 42.5 Å². The maximum atomic E-state index is 13.9. The van der Waals surface area contributed by atoms with Crippen molar-refractivity contribution >= 4 is 29.6 Å². The van der Waals surface area contributed by atoms with Gasteiger partial charge in [-0.25, -0.2) is 14.0 Å². The Balaban J connectivity index is 1.83. The quantitative estimate of drug-likeness (QED) is 0.617. The van der Waals surface area contributed by atoms with E-state index in [1.54, 1.807) is 32.9 Å². The minimum absolute atomic E-state index is 0.0543. The fourth-order valence-corrected chi connectivity index (χ4v) is 2.80. The van der Waals surface area contributed by atoms with Gasteiger partial charge in [0.2, 0.25) is 0 Å². The zero-order valence-electron chi connectivity index (χ0n) is 18.4. The highest BCUT2D eigenvalue weighted by atomic mass is 35.5. The lowest BCUT2D eigenvalue weighted by molar-refractivity contribution is -0.133. The summed E-state index contributed by atoms with van der Waals surface area (Å²) in [7, 11) is 1.46. The molecule has 0 spiro atoms. The van der Waals surface area contributed by atoms with E-state index in [0.29, 0.717) is 0 Å². The van der Waals surface area contributed by atoms with E-state index in [2.05, 4.69) is 5.32 Å². The largest absolute Gasteiger partial charge is 0.452 e. The summed E-state index contributed by atoms with van der Waals surface area (Å²) in [5.41, 5.74) is 0.598. The Kier molecular flexibility index (Phi) is 8.60. The SMILES string of the molecule is CN(Cc1c(F)cccc1Cl)C(=O)COC(=O)c1ccc(CNC(=O)OC(C)(C)C)cc1. The number of halogens is 2. The molecule has 172 valence electrons. The first-order chi connectivity index (χ1) is 15.0. The van der Waals surface area contributed by atoms with Crippen molar-refractivity contribution in [1.82, 2.24) is 10.2 Å². The monoisotopic (exact) mass is 464 g/mol. The highest BCUT2D eigenvalue weighted by molar-refractivity contribution is 6.31. The summed E-state index contributed by atoms with van der Waals surface area (Å²) in [6, 6.07) is 10.6. The number of nitrogens with one attached hydrogen (secondary N) is 1. The Bertz CT molecular complexity index is 953. The van der Waals surface area contributed by atoms with Gasteiger partial charge in [-0.3, -0.25) is 4.79 Å². The summed E-state index contributed by atoms with van der Waals surface area (Å²) in [6.45, 7) is 4.98. The van der Waals surface area contributed by atoms with Crippen molar-refractivity contribution in [3.05, 3.63) is 70.0 Å². The zero-order chi connectivity index (χ0) is 23.9. The van der Waals surface area contributed by atoms with Crippen molar-refractivity contribution in [1.29, 1.82) is 0 Å². The standard InChI is InChI=1S/C23H26ClFN2O5/c1-23(2,3)32-22(30)26-12-15-8-10-16(11-9-15)21(29)31-14-20(28)27(4)13-17-18(24)6-5-7-19(17)25/h5-11H,12-14H2,1-4H3,(H,26,30). The molecule has 1 N–H and O–H groups in total. The van der Waals surface area contributed by atoms with Gasteiger partial charge in [0.15, 0.2) is 6.61 Å². The van der Waals surface area contributed by atoms with E-state index >= 15 is 0 Å². The van der Waals surface area contributed by atoms with Gasteiger partial charge in [-0.2, -0.15) is 0 Å². The highest BCUT2D eigenvalue weighted by Gasteiger charge is 2.18. The predicted octanol–water partition coefficient (Wildman–Crippen LogP) is 4.32. The van der Waals surface area contributed by atoms with E-state index in [4.69, 9.17) is 21.1 Å². The van der Waals surface area contributed by atoms with Gasteiger partial charge in [-0.1, -0.05) is 29.8 Å². The molecule has 0 atom stereocenters. The molecule has 0 saturated heterocycles. The smallest absolute Gasteiger partial charge is 0.407 e. The Morgan fingerprint density at radius 2 is 1.75 bits per heavy atom. The summed E-state index contributed by atoms with van der Waals surface area (Å²) < 4.78 is 24.1. The lowest BCUT2D eigenvalue weighted by Crippen LogP contribution is -2.32. The Morgan fingerprint density at radius 1 is 1.09 bits per heavy atom. The van der Waals surface area contributed by atoms with E-state index < -0.39 is 36.0 Å². The number of nitrogens with zero attached hydrogens (tertiary/aromatic N) is 1. The molecule has 0 heterocycles. The van der Waals surface area contributed by atoms with Crippen LogP contribution < -0.4 is 5.32 Å². The van der Waals surface area contributed by atoms with Gasteiger partial charge in [-0.05, 0) is 50.6 Å². The maximum absolute atomic E-state index is 13.9. The van der Waals surface area contributed by atoms with E-state index in [1.165, 1.54) is 42.3 Å². The van der Waals surface area contributed by atoms with Gasteiger partial charge in [-0.15, -0.1) is 0 Å². The fourth-order valence-electron chi connectivity index (χ4n) is 2.58. The lowest BCUT2D eigenvalue weighted by Gasteiger charge is -2.19. The average Bonchev–Trinajstić information content (AvgIpc) is 2.72. The first-order valence-electron chi connectivity index (χ1n) is 9.86. The molecule has 0 aliphatic rings. The number of rotatable bonds is 7. The molecule has 32 heavy (non-hydrogen) atoms. The molecular weight excluding hydrogens is 439 g/mol. The number of ether oxygens (including phenoxy) is 2. The molecule has 0 bridgehead atoms. The molecule has 0 saturated carbocycles. The van der Waals surface area contributed by atoms with Crippen LogP contribution in [0, 0.1) is 5.82 Å². The third kappa shape index (κ3) is 7.85. The van der Waals surface area contributed by atoms with Crippen molar-refractivity contribution in [2.45, 2.75) is 39.5 Å². The Hall–Kier alpha value is -3.13. The molecule has 0 aliphatic heterocycles. The number of likely N-dealkylation sites (N-methyl/N-ethyl adjacent to an activating group) is 1. The topological polar surface area (TPSA) is 84.9 Å². The number of carbonyl (C=O) groups is 3. The third-order valence-corrected chi connectivity index (χ3v) is 4.59. The van der Waals surface area contributed by atoms with Gasteiger partial charge in [0.1, 0.15) is 11.4 Å². The first kappa shape index (κ1) is 25.1. The summed E-state index contributed by atoms with van der Waals surface area (Å²) in [5, 5.41) is 2.83. The average molecular weight is 465 g/mol. The summed E-state index contributed by atoms with van der Waals surface area (Å²) >= 11 is 5.97. The van der Waals surface area contributed by atoms with Crippen LogP contribution >= 0.6 is 11.6 Å². The maximum Gasteiger partial charge on any atom is 0.407 e.